The Labute approximate surface area is 133 Å². The van der Waals surface area contributed by atoms with E-state index in [0.29, 0.717) is 26.2 Å². The molecule has 7 heteroatoms. The molecular formula is C15H21N3O3S. The quantitative estimate of drug-likeness (QED) is 0.895. The van der Waals surface area contributed by atoms with Gasteiger partial charge in [0.05, 0.1) is 10.3 Å². The summed E-state index contributed by atoms with van der Waals surface area (Å²) in [6.07, 6.45) is 0.0984. The van der Waals surface area contributed by atoms with Gasteiger partial charge in [0.15, 0.2) is 0 Å². The zero-order chi connectivity index (χ0) is 16.3. The fraction of sp³-hybridized carbons (Fsp3) is 0.533. The largest absolute Gasteiger partial charge is 0.369 e. The molecule has 3 amide bonds. The van der Waals surface area contributed by atoms with Gasteiger partial charge in [-0.15, -0.1) is 11.3 Å². The van der Waals surface area contributed by atoms with Crippen LogP contribution in [0.1, 0.15) is 29.9 Å². The van der Waals surface area contributed by atoms with Crippen molar-refractivity contribution in [1.29, 1.82) is 0 Å². The first kappa shape index (κ1) is 16.5. The second-order valence-corrected chi connectivity index (χ2v) is 7.02. The van der Waals surface area contributed by atoms with Crippen molar-refractivity contribution in [1.82, 2.24) is 9.80 Å². The third kappa shape index (κ3) is 3.65. The number of amides is 3. The van der Waals surface area contributed by atoms with E-state index in [4.69, 9.17) is 5.73 Å². The molecule has 0 aromatic carbocycles. The van der Waals surface area contributed by atoms with Crippen molar-refractivity contribution < 1.29 is 14.4 Å². The van der Waals surface area contributed by atoms with E-state index in [9.17, 15) is 14.4 Å². The number of hydrogen-bond donors (Lipinski definition) is 1. The Hall–Kier alpha value is -1.89. The number of hydrogen-bond acceptors (Lipinski definition) is 4. The Morgan fingerprint density at radius 2 is 1.77 bits per heavy atom. The monoisotopic (exact) mass is 323 g/mol. The molecule has 1 aromatic rings. The minimum atomic E-state index is -0.846. The average molecular weight is 323 g/mol. The lowest BCUT2D eigenvalue weighted by Gasteiger charge is -2.35. The molecule has 6 nitrogen and oxygen atoms in total. The fourth-order valence-corrected chi connectivity index (χ4v) is 2.98. The maximum atomic E-state index is 12.2. The zero-order valence-corrected chi connectivity index (χ0v) is 13.7. The van der Waals surface area contributed by atoms with E-state index in [1.165, 1.54) is 11.3 Å². The van der Waals surface area contributed by atoms with Crippen molar-refractivity contribution in [3.63, 3.8) is 0 Å². The first-order valence-corrected chi connectivity index (χ1v) is 8.10. The van der Waals surface area contributed by atoms with Crippen molar-refractivity contribution in [2.75, 3.05) is 26.2 Å². The molecule has 0 bridgehead atoms. The molecule has 2 rings (SSSR count). The molecule has 120 valence electrons. The number of primary amides is 1. The molecule has 2 N–H and O–H groups in total. The summed E-state index contributed by atoms with van der Waals surface area (Å²) < 4.78 is 0. The first-order chi connectivity index (χ1) is 10.3. The Morgan fingerprint density at radius 3 is 2.27 bits per heavy atom. The number of carbonyl (C=O) groups excluding carboxylic acids is 3. The predicted molar refractivity (Wildman–Crippen MR) is 84.4 cm³/mol. The molecule has 1 aliphatic heterocycles. The maximum Gasteiger partial charge on any atom is 0.264 e. The van der Waals surface area contributed by atoms with Crippen LogP contribution in [-0.2, 0) is 9.59 Å². The summed E-state index contributed by atoms with van der Waals surface area (Å²) in [5.74, 6) is -0.557. The number of nitrogens with two attached hydrogens (primary N) is 1. The number of carbonyl (C=O) groups is 3. The molecule has 1 saturated heterocycles. The number of nitrogens with zero attached hydrogens (tertiary/aromatic N) is 2. The molecule has 0 radical (unpaired) electrons. The van der Waals surface area contributed by atoms with Gasteiger partial charge in [0, 0.05) is 32.6 Å². The number of rotatable bonds is 4. The molecule has 0 spiro atoms. The fourth-order valence-electron chi connectivity index (χ4n) is 2.29. The molecular weight excluding hydrogens is 302 g/mol. The highest BCUT2D eigenvalue weighted by atomic mass is 32.1. The number of piperazine rings is 1. The lowest BCUT2D eigenvalue weighted by Crippen LogP contribution is -2.51. The van der Waals surface area contributed by atoms with Crippen LogP contribution in [0.15, 0.2) is 17.5 Å². The third-order valence-corrected chi connectivity index (χ3v) is 4.77. The van der Waals surface area contributed by atoms with Gasteiger partial charge in [-0.2, -0.15) is 0 Å². The normalized spacial score (nSPS) is 15.7. The van der Waals surface area contributed by atoms with Gasteiger partial charge in [0.25, 0.3) is 5.91 Å². The van der Waals surface area contributed by atoms with E-state index in [2.05, 4.69) is 0 Å². The van der Waals surface area contributed by atoms with Crippen LogP contribution in [0.5, 0.6) is 0 Å². The minimum absolute atomic E-state index is 0.0135. The van der Waals surface area contributed by atoms with Gasteiger partial charge in [-0.05, 0) is 11.4 Å². The van der Waals surface area contributed by atoms with Gasteiger partial charge >= 0.3 is 0 Å². The molecule has 1 aromatic heterocycles. The van der Waals surface area contributed by atoms with E-state index >= 15 is 0 Å². The molecule has 0 aliphatic carbocycles. The Morgan fingerprint density at radius 1 is 1.18 bits per heavy atom. The van der Waals surface area contributed by atoms with E-state index in [-0.39, 0.29) is 18.2 Å². The van der Waals surface area contributed by atoms with Crippen molar-refractivity contribution in [2.45, 2.75) is 20.3 Å². The van der Waals surface area contributed by atoms with Gasteiger partial charge < -0.3 is 15.5 Å². The lowest BCUT2D eigenvalue weighted by atomic mass is 9.88. The van der Waals surface area contributed by atoms with Crippen LogP contribution in [0, 0.1) is 5.41 Å². The van der Waals surface area contributed by atoms with Gasteiger partial charge in [0.2, 0.25) is 11.8 Å². The summed E-state index contributed by atoms with van der Waals surface area (Å²) in [6.45, 7) is 5.35. The second-order valence-electron chi connectivity index (χ2n) is 6.08. The van der Waals surface area contributed by atoms with Crippen molar-refractivity contribution in [3.8, 4) is 0 Å². The van der Waals surface area contributed by atoms with Gasteiger partial charge in [-0.1, -0.05) is 19.9 Å². The summed E-state index contributed by atoms with van der Waals surface area (Å²) in [5, 5.41) is 1.87. The summed E-state index contributed by atoms with van der Waals surface area (Å²) in [4.78, 5) is 40.0. The van der Waals surface area contributed by atoms with E-state index in [1.807, 2.05) is 11.4 Å². The molecule has 0 atom stereocenters. The molecule has 1 fully saturated rings. The summed E-state index contributed by atoms with van der Waals surface area (Å²) >= 11 is 1.42. The Bertz CT molecular complexity index is 561. The second kappa shape index (κ2) is 6.48. The average Bonchev–Trinajstić information content (AvgIpc) is 3.00. The summed E-state index contributed by atoms with van der Waals surface area (Å²) in [5.41, 5.74) is 4.46. The summed E-state index contributed by atoms with van der Waals surface area (Å²) in [6, 6.07) is 3.66. The zero-order valence-electron chi connectivity index (χ0n) is 12.9. The predicted octanol–water partition coefficient (Wildman–Crippen LogP) is 0.934. The van der Waals surface area contributed by atoms with Crippen LogP contribution < -0.4 is 5.73 Å². The van der Waals surface area contributed by atoms with Crippen molar-refractivity contribution >= 4 is 29.1 Å². The van der Waals surface area contributed by atoms with Crippen molar-refractivity contribution in [3.05, 3.63) is 22.4 Å². The standard InChI is InChI=1S/C15H21N3O3S/c1-15(2,14(16)21)10-12(19)17-5-7-18(8-6-17)13(20)11-4-3-9-22-11/h3-4,9H,5-8,10H2,1-2H3,(H2,16,21). The van der Waals surface area contributed by atoms with E-state index in [0.717, 1.165) is 4.88 Å². The smallest absolute Gasteiger partial charge is 0.264 e. The molecule has 22 heavy (non-hydrogen) atoms. The molecule has 0 unspecified atom stereocenters. The SMILES string of the molecule is CC(C)(CC(=O)N1CCN(C(=O)c2cccs2)CC1)C(N)=O. The molecule has 1 aliphatic rings. The van der Waals surface area contributed by atoms with Crippen LogP contribution >= 0.6 is 11.3 Å². The lowest BCUT2D eigenvalue weighted by molar-refractivity contribution is -0.139. The third-order valence-electron chi connectivity index (χ3n) is 3.91. The van der Waals surface area contributed by atoms with E-state index in [1.54, 1.807) is 29.7 Å². The van der Waals surface area contributed by atoms with Crippen LogP contribution in [0.4, 0.5) is 0 Å². The van der Waals surface area contributed by atoms with E-state index < -0.39 is 11.3 Å². The van der Waals surface area contributed by atoms with Gasteiger partial charge in [-0.3, -0.25) is 14.4 Å². The minimum Gasteiger partial charge on any atom is -0.369 e. The van der Waals surface area contributed by atoms with Gasteiger partial charge in [-0.25, -0.2) is 0 Å². The maximum absolute atomic E-state index is 12.2. The van der Waals surface area contributed by atoms with Crippen LogP contribution in [0.2, 0.25) is 0 Å². The highest BCUT2D eigenvalue weighted by Crippen LogP contribution is 2.21. The highest BCUT2D eigenvalue weighted by Gasteiger charge is 2.32. The number of thiophene rings is 1. The van der Waals surface area contributed by atoms with Crippen LogP contribution in [0.3, 0.4) is 0 Å². The van der Waals surface area contributed by atoms with Crippen LogP contribution in [0.25, 0.3) is 0 Å². The topological polar surface area (TPSA) is 83.7 Å². The summed E-state index contributed by atoms with van der Waals surface area (Å²) in [7, 11) is 0. The highest BCUT2D eigenvalue weighted by molar-refractivity contribution is 7.12. The van der Waals surface area contributed by atoms with Crippen LogP contribution in [-0.4, -0.2) is 53.7 Å². The van der Waals surface area contributed by atoms with Crippen molar-refractivity contribution in [2.24, 2.45) is 11.1 Å². The molecule has 0 saturated carbocycles. The Balaban J connectivity index is 1.88. The van der Waals surface area contributed by atoms with Gasteiger partial charge in [0.1, 0.15) is 0 Å². The molecule has 2 heterocycles. The first-order valence-electron chi connectivity index (χ1n) is 7.22. The Kier molecular flexibility index (Phi) is 4.85.